The van der Waals surface area contributed by atoms with E-state index in [4.69, 9.17) is 10.5 Å². The van der Waals surface area contributed by atoms with Gasteiger partial charge in [-0.1, -0.05) is 15.9 Å². The van der Waals surface area contributed by atoms with E-state index in [9.17, 15) is 9.18 Å². The van der Waals surface area contributed by atoms with Crippen LogP contribution >= 0.6 is 28.3 Å². The van der Waals surface area contributed by atoms with Gasteiger partial charge < -0.3 is 15.4 Å². The summed E-state index contributed by atoms with van der Waals surface area (Å²) < 4.78 is 19.5. The fraction of sp³-hybridized carbons (Fsp3) is 0.500. The van der Waals surface area contributed by atoms with E-state index in [0.717, 1.165) is 17.3 Å². The Morgan fingerprint density at radius 3 is 2.81 bits per heavy atom. The summed E-state index contributed by atoms with van der Waals surface area (Å²) in [6.45, 7) is 0.412. The van der Waals surface area contributed by atoms with Gasteiger partial charge in [-0.15, -0.1) is 12.4 Å². The average Bonchev–Trinajstić information content (AvgIpc) is 3.23. The molecule has 1 aliphatic rings. The van der Waals surface area contributed by atoms with Crippen molar-refractivity contribution in [2.24, 2.45) is 5.73 Å². The topological polar surface area (TPSA) is 55.6 Å². The second-order valence-electron chi connectivity index (χ2n) is 4.99. The van der Waals surface area contributed by atoms with Crippen molar-refractivity contribution in [3.63, 3.8) is 0 Å². The maximum absolute atomic E-state index is 13.8. The molecule has 0 aliphatic heterocycles. The van der Waals surface area contributed by atoms with Crippen molar-refractivity contribution in [1.29, 1.82) is 0 Å². The lowest BCUT2D eigenvalue weighted by Gasteiger charge is -2.25. The Morgan fingerprint density at radius 2 is 2.24 bits per heavy atom. The van der Waals surface area contributed by atoms with Crippen LogP contribution in [0, 0.1) is 5.82 Å². The number of amides is 1. The lowest BCUT2D eigenvalue weighted by Crippen LogP contribution is -2.46. The third-order valence-corrected chi connectivity index (χ3v) is 3.78. The Labute approximate surface area is 138 Å². The van der Waals surface area contributed by atoms with Crippen LogP contribution < -0.4 is 5.73 Å². The highest BCUT2D eigenvalue weighted by molar-refractivity contribution is 9.10. The molecule has 0 bridgehead atoms. The number of rotatable bonds is 6. The van der Waals surface area contributed by atoms with E-state index in [1.807, 2.05) is 0 Å². The van der Waals surface area contributed by atoms with Crippen molar-refractivity contribution >= 4 is 34.2 Å². The quantitative estimate of drug-likeness (QED) is 0.823. The van der Waals surface area contributed by atoms with E-state index in [-0.39, 0.29) is 43.3 Å². The van der Waals surface area contributed by atoms with Gasteiger partial charge in [0.1, 0.15) is 11.9 Å². The Hall–Kier alpha value is -0.690. The van der Waals surface area contributed by atoms with E-state index in [1.165, 1.54) is 13.2 Å². The zero-order chi connectivity index (χ0) is 14.7. The molecule has 1 saturated carbocycles. The summed E-state index contributed by atoms with van der Waals surface area (Å²) in [4.78, 5) is 14.0. The molecule has 4 nitrogen and oxygen atoms in total. The molecule has 2 rings (SSSR count). The van der Waals surface area contributed by atoms with Crippen molar-refractivity contribution in [1.82, 2.24) is 4.90 Å². The standard InChI is InChI=1S/C14H18BrFN2O2.ClH/c1-20-8-13(17)14(19)18(11-3-4-11)7-9-6-10(15)2-5-12(9)16;/h2,5-6,11,13H,3-4,7-8,17H2,1H3;1H. The van der Waals surface area contributed by atoms with E-state index in [0.29, 0.717) is 5.56 Å². The van der Waals surface area contributed by atoms with Gasteiger partial charge in [0, 0.05) is 29.7 Å². The van der Waals surface area contributed by atoms with Gasteiger partial charge in [-0.05, 0) is 31.0 Å². The number of ether oxygens (including phenoxy) is 1. The van der Waals surface area contributed by atoms with Crippen molar-refractivity contribution in [3.05, 3.63) is 34.1 Å². The zero-order valence-electron chi connectivity index (χ0n) is 11.7. The number of hydrogen-bond acceptors (Lipinski definition) is 3. The van der Waals surface area contributed by atoms with Crippen molar-refractivity contribution in [2.75, 3.05) is 13.7 Å². The second kappa shape index (κ2) is 8.08. The largest absolute Gasteiger partial charge is 0.383 e. The van der Waals surface area contributed by atoms with Gasteiger partial charge in [-0.25, -0.2) is 4.39 Å². The normalized spacial score (nSPS) is 15.2. The number of halogens is 3. The Balaban J connectivity index is 0.00000220. The van der Waals surface area contributed by atoms with Gasteiger partial charge in [0.25, 0.3) is 0 Å². The number of benzene rings is 1. The van der Waals surface area contributed by atoms with Gasteiger partial charge in [-0.2, -0.15) is 0 Å². The van der Waals surface area contributed by atoms with Gasteiger partial charge in [0.05, 0.1) is 6.61 Å². The van der Waals surface area contributed by atoms with Crippen molar-refractivity contribution in [2.45, 2.75) is 31.5 Å². The summed E-state index contributed by atoms with van der Waals surface area (Å²) in [5, 5.41) is 0. The molecule has 1 aliphatic carbocycles. The smallest absolute Gasteiger partial charge is 0.242 e. The van der Waals surface area contributed by atoms with Gasteiger partial charge in [0.2, 0.25) is 5.91 Å². The molecule has 118 valence electrons. The van der Waals surface area contributed by atoms with Crippen LogP contribution in [0.4, 0.5) is 4.39 Å². The molecule has 1 atom stereocenters. The monoisotopic (exact) mass is 380 g/mol. The number of nitrogens with two attached hydrogens (primary N) is 1. The van der Waals surface area contributed by atoms with E-state index in [1.54, 1.807) is 17.0 Å². The first-order chi connectivity index (χ1) is 9.52. The first-order valence-corrected chi connectivity index (χ1v) is 7.31. The van der Waals surface area contributed by atoms with Crippen LogP contribution in [0.3, 0.4) is 0 Å². The van der Waals surface area contributed by atoms with Crippen molar-refractivity contribution in [3.8, 4) is 0 Å². The molecule has 2 N–H and O–H groups in total. The van der Waals surface area contributed by atoms with Crippen LogP contribution in [0.15, 0.2) is 22.7 Å². The molecule has 21 heavy (non-hydrogen) atoms. The third-order valence-electron chi connectivity index (χ3n) is 3.28. The van der Waals surface area contributed by atoms with Gasteiger partial charge in [-0.3, -0.25) is 4.79 Å². The number of methoxy groups -OCH3 is 1. The zero-order valence-corrected chi connectivity index (χ0v) is 14.1. The molecule has 0 spiro atoms. The van der Waals surface area contributed by atoms with Crippen LogP contribution in [0.2, 0.25) is 0 Å². The average molecular weight is 382 g/mol. The van der Waals surface area contributed by atoms with Crippen LogP contribution in [0.5, 0.6) is 0 Å². The number of nitrogens with zero attached hydrogens (tertiary/aromatic N) is 1. The number of hydrogen-bond donors (Lipinski definition) is 1. The first kappa shape index (κ1) is 18.4. The van der Waals surface area contributed by atoms with Gasteiger partial charge >= 0.3 is 0 Å². The SMILES string of the molecule is COCC(N)C(=O)N(Cc1cc(Br)ccc1F)C1CC1.Cl. The molecule has 0 aromatic heterocycles. The second-order valence-corrected chi connectivity index (χ2v) is 5.91. The Bertz CT molecular complexity index is 500. The summed E-state index contributed by atoms with van der Waals surface area (Å²) in [7, 11) is 1.50. The highest BCUT2D eigenvalue weighted by atomic mass is 79.9. The van der Waals surface area contributed by atoms with Crippen LogP contribution in [0.1, 0.15) is 18.4 Å². The fourth-order valence-electron chi connectivity index (χ4n) is 2.09. The molecule has 1 aromatic carbocycles. The molecule has 1 amide bonds. The predicted octanol–water partition coefficient (Wildman–Crippen LogP) is 2.47. The first-order valence-electron chi connectivity index (χ1n) is 6.52. The molecule has 0 saturated heterocycles. The van der Waals surface area contributed by atoms with Crippen molar-refractivity contribution < 1.29 is 13.9 Å². The maximum atomic E-state index is 13.8. The minimum atomic E-state index is -0.698. The van der Waals surface area contributed by atoms with Gasteiger partial charge in [0.15, 0.2) is 0 Å². The molecule has 1 aromatic rings. The molecule has 1 unspecified atom stereocenters. The summed E-state index contributed by atoms with van der Waals surface area (Å²) in [6, 6.07) is 4.20. The van der Waals surface area contributed by atoms with E-state index < -0.39 is 6.04 Å². The third kappa shape index (κ3) is 4.92. The number of carbonyl (C=O) groups excluding carboxylic acids is 1. The Morgan fingerprint density at radius 1 is 1.57 bits per heavy atom. The minimum absolute atomic E-state index is 0. The maximum Gasteiger partial charge on any atom is 0.242 e. The summed E-state index contributed by atoms with van der Waals surface area (Å²) in [5.74, 6) is -0.499. The molecule has 0 heterocycles. The summed E-state index contributed by atoms with van der Waals surface area (Å²) in [5.41, 5.74) is 6.29. The lowest BCUT2D eigenvalue weighted by molar-refractivity contribution is -0.135. The fourth-order valence-corrected chi connectivity index (χ4v) is 2.49. The summed E-state index contributed by atoms with van der Waals surface area (Å²) >= 11 is 3.31. The molecular formula is C14H19BrClFN2O2. The molecule has 7 heteroatoms. The highest BCUT2D eigenvalue weighted by Gasteiger charge is 2.35. The molecular weight excluding hydrogens is 363 g/mol. The lowest BCUT2D eigenvalue weighted by atomic mass is 10.1. The van der Waals surface area contributed by atoms with E-state index >= 15 is 0 Å². The number of carbonyl (C=O) groups is 1. The minimum Gasteiger partial charge on any atom is -0.383 e. The molecule has 1 fully saturated rings. The predicted molar refractivity (Wildman–Crippen MR) is 84.8 cm³/mol. The van der Waals surface area contributed by atoms with Crippen LogP contribution in [-0.2, 0) is 16.1 Å². The van der Waals surface area contributed by atoms with E-state index in [2.05, 4.69) is 15.9 Å². The molecule has 0 radical (unpaired) electrons. The highest BCUT2D eigenvalue weighted by Crippen LogP contribution is 2.30. The Kier molecular flexibility index (Phi) is 7.06. The van der Waals surface area contributed by atoms with Crippen LogP contribution in [-0.4, -0.2) is 36.6 Å². The summed E-state index contributed by atoms with van der Waals surface area (Å²) in [6.07, 6.45) is 1.89. The van der Waals surface area contributed by atoms with Crippen LogP contribution in [0.25, 0.3) is 0 Å².